The summed E-state index contributed by atoms with van der Waals surface area (Å²) in [7, 11) is -0.524. The molecule has 1 fully saturated rings. The van der Waals surface area contributed by atoms with Crippen molar-refractivity contribution in [2.45, 2.75) is 38.9 Å². The van der Waals surface area contributed by atoms with Gasteiger partial charge in [0.2, 0.25) is 6.41 Å². The van der Waals surface area contributed by atoms with Crippen molar-refractivity contribution >= 4 is 30.6 Å². The van der Waals surface area contributed by atoms with Gasteiger partial charge in [-0.25, -0.2) is 9.50 Å². The number of nitrogens with zero attached hydrogens (tertiary/aromatic N) is 3. The minimum absolute atomic E-state index is 0.409. The number of nitrogens with one attached hydrogen (secondary N) is 1. The molecule has 3 rings (SSSR count). The van der Waals surface area contributed by atoms with Gasteiger partial charge in [0.15, 0.2) is 11.5 Å². The Labute approximate surface area is 122 Å². The van der Waals surface area contributed by atoms with E-state index in [0.717, 1.165) is 0 Å². The Morgan fingerprint density at radius 2 is 1.90 bits per heavy atom. The van der Waals surface area contributed by atoms with Crippen LogP contribution in [0, 0.1) is 0 Å². The van der Waals surface area contributed by atoms with Crippen LogP contribution in [-0.2, 0) is 14.1 Å². The van der Waals surface area contributed by atoms with Gasteiger partial charge in [0, 0.05) is 0 Å². The monoisotopic (exact) mass is 288 g/mol. The van der Waals surface area contributed by atoms with Crippen molar-refractivity contribution < 1.29 is 14.1 Å². The number of anilines is 1. The number of aromatic nitrogens is 3. The third kappa shape index (κ3) is 2.30. The van der Waals surface area contributed by atoms with Crippen LogP contribution in [0.15, 0.2) is 18.3 Å². The molecule has 7 nitrogen and oxygen atoms in total. The molecule has 21 heavy (non-hydrogen) atoms. The van der Waals surface area contributed by atoms with Crippen LogP contribution >= 0.6 is 0 Å². The Bertz CT molecular complexity index is 682. The number of imidazole rings is 1. The van der Waals surface area contributed by atoms with Crippen LogP contribution < -0.4 is 10.9 Å². The highest BCUT2D eigenvalue weighted by molar-refractivity contribution is 6.61. The number of carbonyl (C=O) groups is 1. The van der Waals surface area contributed by atoms with E-state index < -0.39 is 18.3 Å². The highest BCUT2D eigenvalue weighted by Gasteiger charge is 2.52. The van der Waals surface area contributed by atoms with Crippen LogP contribution in [0.4, 0.5) is 5.82 Å². The summed E-state index contributed by atoms with van der Waals surface area (Å²) in [6.45, 7) is 7.98. The number of fused-ring (bicyclic) bond motifs is 1. The van der Waals surface area contributed by atoms with Gasteiger partial charge in [-0.05, 0) is 39.8 Å². The van der Waals surface area contributed by atoms with E-state index in [9.17, 15) is 4.79 Å². The number of carbonyl (C=O) groups excluding carboxylic acids is 1. The van der Waals surface area contributed by atoms with Crippen LogP contribution in [0.5, 0.6) is 0 Å². The van der Waals surface area contributed by atoms with Crippen LogP contribution in [0.3, 0.4) is 0 Å². The van der Waals surface area contributed by atoms with Crippen molar-refractivity contribution in [1.29, 1.82) is 0 Å². The summed E-state index contributed by atoms with van der Waals surface area (Å²) in [6.07, 6.45) is 2.22. The quantitative estimate of drug-likeness (QED) is 0.661. The van der Waals surface area contributed by atoms with Crippen molar-refractivity contribution in [3.05, 3.63) is 18.3 Å². The average Bonchev–Trinajstić information content (AvgIpc) is 2.87. The van der Waals surface area contributed by atoms with Gasteiger partial charge in [0.25, 0.3) is 0 Å². The molecule has 1 saturated heterocycles. The molecule has 0 atom stereocenters. The summed E-state index contributed by atoms with van der Waals surface area (Å²) in [5, 5.41) is 6.94. The van der Waals surface area contributed by atoms with Gasteiger partial charge in [-0.3, -0.25) is 4.79 Å². The van der Waals surface area contributed by atoms with E-state index >= 15 is 0 Å². The fourth-order valence-electron chi connectivity index (χ4n) is 2.12. The summed E-state index contributed by atoms with van der Waals surface area (Å²) < 4.78 is 13.5. The van der Waals surface area contributed by atoms with Crippen molar-refractivity contribution in [1.82, 2.24) is 14.6 Å². The van der Waals surface area contributed by atoms with Gasteiger partial charge in [0.1, 0.15) is 0 Å². The maximum Gasteiger partial charge on any atom is 0.516 e. The molecular weight excluding hydrogens is 271 g/mol. The average molecular weight is 288 g/mol. The molecule has 110 valence electrons. The molecule has 0 bridgehead atoms. The normalized spacial score (nSPS) is 19.9. The number of hydrogen-bond donors (Lipinski definition) is 1. The van der Waals surface area contributed by atoms with Gasteiger partial charge in [-0.15, -0.1) is 0 Å². The Hall–Kier alpha value is -1.93. The molecule has 1 aliphatic heterocycles. The zero-order chi connectivity index (χ0) is 15.3. The van der Waals surface area contributed by atoms with Crippen LogP contribution in [-0.4, -0.2) is 39.3 Å². The van der Waals surface area contributed by atoms with E-state index in [1.54, 1.807) is 10.7 Å². The second kappa shape index (κ2) is 4.54. The molecule has 3 heterocycles. The molecule has 2 aromatic rings. The molecule has 8 heteroatoms. The standard InChI is InChI=1S/C13H17BN4O3/c1-12(2)13(3,4)21-14(20-12)9-5-6-11-16-10(15-8-19)7-18(11)17-9/h5-8H,1-4H3,(H,15,19). The first-order valence-electron chi connectivity index (χ1n) is 6.74. The van der Waals surface area contributed by atoms with Gasteiger partial charge in [-0.1, -0.05) is 0 Å². The maximum atomic E-state index is 10.4. The van der Waals surface area contributed by atoms with Crippen LogP contribution in [0.25, 0.3) is 5.65 Å². The van der Waals surface area contributed by atoms with Gasteiger partial charge in [0.05, 0.1) is 23.0 Å². The molecule has 1 aliphatic rings. The highest BCUT2D eigenvalue weighted by Crippen LogP contribution is 2.36. The second-order valence-corrected chi connectivity index (χ2v) is 6.04. The molecular formula is C13H17BN4O3. The Balaban J connectivity index is 1.93. The van der Waals surface area contributed by atoms with E-state index in [2.05, 4.69) is 15.4 Å². The minimum Gasteiger partial charge on any atom is -0.398 e. The van der Waals surface area contributed by atoms with Crippen LogP contribution in [0.2, 0.25) is 0 Å². The smallest absolute Gasteiger partial charge is 0.398 e. The lowest BCUT2D eigenvalue weighted by Crippen LogP contribution is -2.41. The lowest BCUT2D eigenvalue weighted by molar-refractivity contribution is -0.105. The maximum absolute atomic E-state index is 10.4. The molecule has 0 aliphatic carbocycles. The van der Waals surface area contributed by atoms with Crippen molar-refractivity contribution in [2.75, 3.05) is 5.32 Å². The second-order valence-electron chi connectivity index (χ2n) is 6.04. The third-order valence-electron chi connectivity index (χ3n) is 4.04. The number of amides is 1. The van der Waals surface area contributed by atoms with Crippen molar-refractivity contribution in [3.8, 4) is 0 Å². The lowest BCUT2D eigenvalue weighted by atomic mass is 9.85. The predicted molar refractivity (Wildman–Crippen MR) is 78.4 cm³/mol. The fourth-order valence-corrected chi connectivity index (χ4v) is 2.12. The molecule has 2 aromatic heterocycles. The summed E-state index contributed by atoms with van der Waals surface area (Å²) in [4.78, 5) is 14.7. The number of rotatable bonds is 3. The molecule has 1 N–H and O–H groups in total. The fraction of sp³-hybridized carbons (Fsp3) is 0.462. The van der Waals surface area contributed by atoms with E-state index in [1.807, 2.05) is 39.8 Å². The molecule has 0 aromatic carbocycles. The molecule has 1 amide bonds. The Morgan fingerprint density at radius 3 is 2.52 bits per heavy atom. The zero-order valence-electron chi connectivity index (χ0n) is 12.5. The van der Waals surface area contributed by atoms with Crippen LogP contribution in [0.1, 0.15) is 27.7 Å². The SMILES string of the molecule is CC1(C)OB(c2ccc3nc(NC=O)cn3n2)OC1(C)C. The first-order chi connectivity index (χ1) is 9.82. The Kier molecular flexibility index (Phi) is 3.03. The first-order valence-corrected chi connectivity index (χ1v) is 6.74. The highest BCUT2D eigenvalue weighted by atomic mass is 16.7. The van der Waals surface area contributed by atoms with Crippen molar-refractivity contribution in [3.63, 3.8) is 0 Å². The third-order valence-corrected chi connectivity index (χ3v) is 4.04. The predicted octanol–water partition coefficient (Wildman–Crippen LogP) is 0.597. The first kappa shape index (κ1) is 14.0. The van der Waals surface area contributed by atoms with Gasteiger partial charge < -0.3 is 14.6 Å². The Morgan fingerprint density at radius 1 is 1.24 bits per heavy atom. The molecule has 0 unspecified atom stereocenters. The minimum atomic E-state index is -0.524. The van der Waals surface area contributed by atoms with Gasteiger partial charge >= 0.3 is 7.12 Å². The van der Waals surface area contributed by atoms with E-state index in [1.165, 1.54) is 0 Å². The summed E-state index contributed by atoms with van der Waals surface area (Å²) in [6, 6.07) is 3.62. The zero-order valence-corrected chi connectivity index (χ0v) is 12.5. The summed E-state index contributed by atoms with van der Waals surface area (Å²) in [5.41, 5.74) is 0.483. The largest absolute Gasteiger partial charge is 0.516 e. The topological polar surface area (TPSA) is 77.8 Å². The van der Waals surface area contributed by atoms with Gasteiger partial charge in [-0.2, -0.15) is 5.10 Å². The number of hydrogen-bond acceptors (Lipinski definition) is 5. The van der Waals surface area contributed by atoms with E-state index in [-0.39, 0.29) is 0 Å². The summed E-state index contributed by atoms with van der Waals surface area (Å²) >= 11 is 0. The molecule has 0 radical (unpaired) electrons. The van der Waals surface area contributed by atoms with E-state index in [4.69, 9.17) is 9.31 Å². The van der Waals surface area contributed by atoms with E-state index in [0.29, 0.717) is 23.5 Å². The molecule has 0 spiro atoms. The summed E-state index contributed by atoms with van der Waals surface area (Å²) in [5.74, 6) is 0.448. The lowest BCUT2D eigenvalue weighted by Gasteiger charge is -2.32. The molecule has 0 saturated carbocycles. The van der Waals surface area contributed by atoms with Crippen molar-refractivity contribution in [2.24, 2.45) is 0 Å².